The monoisotopic (exact) mass is 338 g/mol. The average Bonchev–Trinajstić information content (AvgIpc) is 2.45. The fourth-order valence-electron chi connectivity index (χ4n) is 1.39. The summed E-state index contributed by atoms with van der Waals surface area (Å²) in [4.78, 5) is 33.4. The number of esters is 1. The standard InChI is InChI=1S/C12H7BrN2O5/c13-9-8(20-12(19)11(17)18)6-14-15(10(9)16)7-4-2-1-3-5-7/h1-6H,(H,17,18). The quantitative estimate of drug-likeness (QED) is 0.647. The Kier molecular flexibility index (Phi) is 3.94. The number of carbonyl (C=O) groups excluding carboxylic acids is 1. The molecule has 0 aliphatic heterocycles. The van der Waals surface area contributed by atoms with Crippen LogP contribution in [-0.2, 0) is 9.59 Å². The molecule has 1 aromatic carbocycles. The number of hydrogen-bond donors (Lipinski definition) is 1. The van der Waals surface area contributed by atoms with E-state index in [0.717, 1.165) is 10.9 Å². The average molecular weight is 339 g/mol. The number of aromatic nitrogens is 2. The lowest BCUT2D eigenvalue weighted by Gasteiger charge is -2.07. The van der Waals surface area contributed by atoms with E-state index in [0.29, 0.717) is 5.69 Å². The summed E-state index contributed by atoms with van der Waals surface area (Å²) >= 11 is 2.96. The molecule has 0 aliphatic carbocycles. The second-order valence-corrected chi connectivity index (χ2v) is 4.36. The molecule has 0 aliphatic rings. The summed E-state index contributed by atoms with van der Waals surface area (Å²) in [7, 11) is 0. The molecule has 0 radical (unpaired) electrons. The number of carbonyl (C=O) groups is 2. The number of nitrogens with zero attached hydrogens (tertiary/aromatic N) is 2. The summed E-state index contributed by atoms with van der Waals surface area (Å²) in [6.45, 7) is 0. The van der Waals surface area contributed by atoms with Gasteiger partial charge >= 0.3 is 11.9 Å². The van der Waals surface area contributed by atoms with Gasteiger partial charge in [0.1, 0.15) is 4.47 Å². The van der Waals surface area contributed by atoms with Crippen LogP contribution in [0.1, 0.15) is 0 Å². The number of carboxylic acids is 1. The number of benzene rings is 1. The Bertz CT molecular complexity index is 726. The Morgan fingerprint density at radius 2 is 1.90 bits per heavy atom. The third-order valence-corrected chi connectivity index (χ3v) is 2.99. The SMILES string of the molecule is O=C(O)C(=O)Oc1cnn(-c2ccccc2)c(=O)c1Br. The van der Waals surface area contributed by atoms with E-state index in [1.807, 2.05) is 0 Å². The van der Waals surface area contributed by atoms with Gasteiger partial charge in [-0.05, 0) is 28.1 Å². The van der Waals surface area contributed by atoms with Crippen molar-refractivity contribution in [2.75, 3.05) is 0 Å². The first kappa shape index (κ1) is 13.9. The molecule has 102 valence electrons. The highest BCUT2D eigenvalue weighted by atomic mass is 79.9. The number of rotatable bonds is 2. The lowest BCUT2D eigenvalue weighted by molar-refractivity contribution is -0.158. The summed E-state index contributed by atoms with van der Waals surface area (Å²) in [6, 6.07) is 8.59. The number of hydrogen-bond acceptors (Lipinski definition) is 5. The van der Waals surface area contributed by atoms with Crippen molar-refractivity contribution in [3.63, 3.8) is 0 Å². The maximum Gasteiger partial charge on any atom is 0.422 e. The van der Waals surface area contributed by atoms with E-state index >= 15 is 0 Å². The Hall–Kier alpha value is -2.48. The highest BCUT2D eigenvalue weighted by Crippen LogP contribution is 2.20. The fraction of sp³-hybridized carbons (Fsp3) is 0. The maximum absolute atomic E-state index is 12.1. The topological polar surface area (TPSA) is 98.5 Å². The Labute approximate surface area is 120 Å². The number of halogens is 1. The second kappa shape index (κ2) is 5.66. The molecule has 1 heterocycles. The largest absolute Gasteiger partial charge is 0.473 e. The summed E-state index contributed by atoms with van der Waals surface area (Å²) in [5.74, 6) is -3.51. The van der Waals surface area contributed by atoms with E-state index in [1.54, 1.807) is 30.3 Å². The van der Waals surface area contributed by atoms with Crippen LogP contribution in [0.5, 0.6) is 5.75 Å². The molecule has 0 bridgehead atoms. The van der Waals surface area contributed by atoms with Gasteiger partial charge in [-0.25, -0.2) is 9.59 Å². The van der Waals surface area contributed by atoms with Crippen molar-refractivity contribution >= 4 is 27.9 Å². The molecule has 0 fully saturated rings. The van der Waals surface area contributed by atoms with Gasteiger partial charge < -0.3 is 9.84 Å². The Morgan fingerprint density at radius 1 is 1.25 bits per heavy atom. The van der Waals surface area contributed by atoms with Crippen LogP contribution in [-0.4, -0.2) is 26.8 Å². The summed E-state index contributed by atoms with van der Waals surface area (Å²) in [6.07, 6.45) is 1.08. The molecule has 0 spiro atoms. The van der Waals surface area contributed by atoms with Crippen molar-refractivity contribution in [1.82, 2.24) is 9.78 Å². The number of carboxylic acid groups (broad SMARTS) is 1. The van der Waals surface area contributed by atoms with Gasteiger partial charge in [-0.2, -0.15) is 9.78 Å². The first-order chi connectivity index (χ1) is 9.50. The second-order valence-electron chi connectivity index (χ2n) is 3.57. The minimum Gasteiger partial charge on any atom is -0.473 e. The molecule has 0 unspecified atom stereocenters. The van der Waals surface area contributed by atoms with E-state index < -0.39 is 17.5 Å². The Morgan fingerprint density at radius 3 is 2.50 bits per heavy atom. The van der Waals surface area contributed by atoms with Crippen LogP contribution in [0.15, 0.2) is 45.8 Å². The molecular weight excluding hydrogens is 332 g/mol. The molecule has 0 saturated carbocycles. The van der Waals surface area contributed by atoms with Gasteiger partial charge in [0.05, 0.1) is 11.9 Å². The minimum atomic E-state index is -1.76. The minimum absolute atomic E-state index is 0.0917. The van der Waals surface area contributed by atoms with Crippen LogP contribution in [0.3, 0.4) is 0 Å². The third-order valence-electron chi connectivity index (χ3n) is 2.26. The number of aliphatic carboxylic acids is 1. The molecule has 1 N–H and O–H groups in total. The molecular formula is C12H7BrN2O5. The van der Waals surface area contributed by atoms with Crippen molar-refractivity contribution < 1.29 is 19.4 Å². The third kappa shape index (κ3) is 2.75. The summed E-state index contributed by atoms with van der Waals surface area (Å²) < 4.78 is 5.51. The number of para-hydroxylation sites is 1. The van der Waals surface area contributed by atoms with Crippen LogP contribution in [0.25, 0.3) is 5.69 Å². The molecule has 2 rings (SSSR count). The highest BCUT2D eigenvalue weighted by molar-refractivity contribution is 9.10. The molecule has 7 nitrogen and oxygen atoms in total. The number of ether oxygens (including phenoxy) is 1. The molecule has 20 heavy (non-hydrogen) atoms. The van der Waals surface area contributed by atoms with Crippen molar-refractivity contribution in [2.24, 2.45) is 0 Å². The Balaban J connectivity index is 2.43. The van der Waals surface area contributed by atoms with Gasteiger partial charge in [-0.15, -0.1) is 0 Å². The van der Waals surface area contributed by atoms with E-state index in [1.165, 1.54) is 0 Å². The van der Waals surface area contributed by atoms with Crippen molar-refractivity contribution in [1.29, 1.82) is 0 Å². The predicted molar refractivity (Wildman–Crippen MR) is 70.8 cm³/mol. The van der Waals surface area contributed by atoms with Crippen molar-refractivity contribution in [2.45, 2.75) is 0 Å². The summed E-state index contributed by atoms with van der Waals surface area (Å²) in [5.41, 5.74) is -0.0544. The highest BCUT2D eigenvalue weighted by Gasteiger charge is 2.18. The first-order valence-corrected chi connectivity index (χ1v) is 6.08. The van der Waals surface area contributed by atoms with E-state index in [9.17, 15) is 14.4 Å². The molecule has 2 aromatic rings. The van der Waals surface area contributed by atoms with Crippen molar-refractivity contribution in [3.8, 4) is 11.4 Å². The zero-order valence-electron chi connectivity index (χ0n) is 9.82. The smallest absolute Gasteiger partial charge is 0.422 e. The van der Waals surface area contributed by atoms with Crippen LogP contribution < -0.4 is 10.3 Å². The molecule has 8 heteroatoms. The van der Waals surface area contributed by atoms with Gasteiger partial charge in [-0.1, -0.05) is 18.2 Å². The van der Waals surface area contributed by atoms with Crippen molar-refractivity contribution in [3.05, 3.63) is 51.4 Å². The lowest BCUT2D eigenvalue weighted by atomic mass is 10.3. The van der Waals surface area contributed by atoms with Gasteiger partial charge in [0, 0.05) is 0 Å². The molecule has 1 aromatic heterocycles. The van der Waals surface area contributed by atoms with E-state index in [-0.39, 0.29) is 10.2 Å². The maximum atomic E-state index is 12.1. The predicted octanol–water partition coefficient (Wildman–Crippen LogP) is 0.985. The van der Waals surface area contributed by atoms with Crippen LogP contribution in [0.2, 0.25) is 0 Å². The van der Waals surface area contributed by atoms with Crippen LogP contribution in [0, 0.1) is 0 Å². The lowest BCUT2D eigenvalue weighted by Crippen LogP contribution is -2.25. The fourth-order valence-corrected chi connectivity index (χ4v) is 1.74. The first-order valence-electron chi connectivity index (χ1n) is 5.29. The zero-order valence-corrected chi connectivity index (χ0v) is 11.4. The normalized spacial score (nSPS) is 10.1. The molecule has 0 amide bonds. The molecule has 0 atom stereocenters. The van der Waals surface area contributed by atoms with Crippen LogP contribution >= 0.6 is 15.9 Å². The molecule has 0 saturated heterocycles. The summed E-state index contributed by atoms with van der Waals surface area (Å²) in [5, 5.41) is 12.3. The van der Waals surface area contributed by atoms with Crippen LogP contribution in [0.4, 0.5) is 0 Å². The van der Waals surface area contributed by atoms with Gasteiger partial charge in [0.15, 0.2) is 5.75 Å². The van der Waals surface area contributed by atoms with Gasteiger partial charge in [0.2, 0.25) is 0 Å². The van der Waals surface area contributed by atoms with Gasteiger partial charge in [0.25, 0.3) is 5.56 Å². The van der Waals surface area contributed by atoms with E-state index in [2.05, 4.69) is 25.8 Å². The van der Waals surface area contributed by atoms with E-state index in [4.69, 9.17) is 5.11 Å². The zero-order chi connectivity index (χ0) is 14.7. The van der Waals surface area contributed by atoms with Gasteiger partial charge in [-0.3, -0.25) is 4.79 Å².